The molecule has 4 nitrogen and oxygen atoms in total. The molecule has 2 aromatic rings. The predicted octanol–water partition coefficient (Wildman–Crippen LogP) is 5.03. The molecule has 0 radical (unpaired) electrons. The summed E-state index contributed by atoms with van der Waals surface area (Å²) in [5, 5.41) is 2.89. The summed E-state index contributed by atoms with van der Waals surface area (Å²) in [6.07, 6.45) is 4.51. The van der Waals surface area contributed by atoms with E-state index in [1.54, 1.807) is 6.92 Å². The number of ether oxygens (including phenoxy) is 2. The van der Waals surface area contributed by atoms with E-state index in [4.69, 9.17) is 9.47 Å². The van der Waals surface area contributed by atoms with Gasteiger partial charge in [-0.1, -0.05) is 17.7 Å². The van der Waals surface area contributed by atoms with E-state index < -0.39 is 6.10 Å². The van der Waals surface area contributed by atoms with E-state index in [1.807, 2.05) is 56.3 Å². The summed E-state index contributed by atoms with van der Waals surface area (Å²) in [4.78, 5) is 12.4. The Labute approximate surface area is 155 Å². The summed E-state index contributed by atoms with van der Waals surface area (Å²) in [5.74, 6) is 1.42. The summed E-state index contributed by atoms with van der Waals surface area (Å²) in [7, 11) is 0. The number of carbonyl (C=O) groups is 1. The van der Waals surface area contributed by atoms with Crippen molar-refractivity contribution in [3.8, 4) is 11.5 Å². The molecular weight excluding hydrogens is 326 g/mol. The lowest BCUT2D eigenvalue weighted by Crippen LogP contribution is -2.30. The Morgan fingerprint density at radius 3 is 2.42 bits per heavy atom. The van der Waals surface area contributed by atoms with Crippen molar-refractivity contribution in [2.75, 3.05) is 5.32 Å². The zero-order chi connectivity index (χ0) is 18.5. The first-order chi connectivity index (χ1) is 12.5. The number of aryl methyl sites for hydroxylation is 2. The molecule has 1 aliphatic rings. The number of rotatable bonds is 6. The lowest BCUT2D eigenvalue weighted by atomic mass is 10.1. The van der Waals surface area contributed by atoms with E-state index in [0.717, 1.165) is 35.6 Å². The van der Waals surface area contributed by atoms with Crippen LogP contribution in [0.1, 0.15) is 43.7 Å². The third-order valence-electron chi connectivity index (χ3n) is 4.73. The van der Waals surface area contributed by atoms with Crippen LogP contribution in [0.5, 0.6) is 11.5 Å². The van der Waals surface area contributed by atoms with E-state index in [-0.39, 0.29) is 5.91 Å². The fourth-order valence-corrected chi connectivity index (χ4v) is 3.23. The summed E-state index contributed by atoms with van der Waals surface area (Å²) >= 11 is 0. The minimum absolute atomic E-state index is 0.172. The predicted molar refractivity (Wildman–Crippen MR) is 104 cm³/mol. The van der Waals surface area contributed by atoms with Crippen molar-refractivity contribution in [3.63, 3.8) is 0 Å². The summed E-state index contributed by atoms with van der Waals surface area (Å²) < 4.78 is 11.8. The van der Waals surface area contributed by atoms with E-state index in [2.05, 4.69) is 5.32 Å². The standard InChI is InChI=1S/C22H27NO3/c1-15-8-13-21(16(2)14-15)25-17(3)22(24)23-18-9-11-20(12-10-18)26-19-6-4-5-7-19/h8-14,17,19H,4-7H2,1-3H3,(H,23,24)/t17-/m0/s1. The minimum atomic E-state index is -0.578. The highest BCUT2D eigenvalue weighted by atomic mass is 16.5. The van der Waals surface area contributed by atoms with Crippen LogP contribution in [0.3, 0.4) is 0 Å². The second-order valence-corrected chi connectivity index (χ2v) is 7.07. The van der Waals surface area contributed by atoms with Crippen LogP contribution in [0.2, 0.25) is 0 Å². The molecule has 138 valence electrons. The number of carbonyl (C=O) groups excluding carboxylic acids is 1. The van der Waals surface area contributed by atoms with E-state index in [0.29, 0.717) is 6.10 Å². The lowest BCUT2D eigenvalue weighted by Gasteiger charge is -2.17. The van der Waals surface area contributed by atoms with Gasteiger partial charge in [-0.25, -0.2) is 0 Å². The average molecular weight is 353 g/mol. The van der Waals surface area contributed by atoms with E-state index in [1.165, 1.54) is 18.4 Å². The number of hydrogen-bond acceptors (Lipinski definition) is 3. The number of benzene rings is 2. The monoisotopic (exact) mass is 353 g/mol. The first-order valence-corrected chi connectivity index (χ1v) is 9.33. The molecule has 2 aromatic carbocycles. The van der Waals surface area contributed by atoms with Gasteiger partial charge in [-0.15, -0.1) is 0 Å². The molecule has 1 saturated carbocycles. The lowest BCUT2D eigenvalue weighted by molar-refractivity contribution is -0.122. The Kier molecular flexibility index (Phi) is 5.82. The summed E-state index contributed by atoms with van der Waals surface area (Å²) in [6.45, 7) is 5.77. The van der Waals surface area contributed by atoms with Crippen LogP contribution >= 0.6 is 0 Å². The molecule has 1 N–H and O–H groups in total. The molecule has 3 rings (SSSR count). The number of hydrogen-bond donors (Lipinski definition) is 1. The van der Waals surface area contributed by atoms with Crippen molar-refractivity contribution in [2.24, 2.45) is 0 Å². The van der Waals surface area contributed by atoms with Gasteiger partial charge in [0.05, 0.1) is 6.10 Å². The number of amides is 1. The van der Waals surface area contributed by atoms with Gasteiger partial charge in [0.1, 0.15) is 11.5 Å². The van der Waals surface area contributed by atoms with Crippen molar-refractivity contribution in [1.29, 1.82) is 0 Å². The van der Waals surface area contributed by atoms with Gasteiger partial charge in [-0.05, 0) is 82.3 Å². The Morgan fingerprint density at radius 1 is 1.08 bits per heavy atom. The molecule has 0 heterocycles. The number of anilines is 1. The van der Waals surface area contributed by atoms with Crippen molar-refractivity contribution in [3.05, 3.63) is 53.6 Å². The molecular formula is C22H27NO3. The largest absolute Gasteiger partial charge is 0.490 e. The SMILES string of the molecule is Cc1ccc(O[C@@H](C)C(=O)Nc2ccc(OC3CCCC3)cc2)c(C)c1. The van der Waals surface area contributed by atoms with E-state index in [9.17, 15) is 4.79 Å². The Balaban J connectivity index is 1.54. The van der Waals surface area contributed by atoms with Crippen molar-refractivity contribution >= 4 is 11.6 Å². The van der Waals surface area contributed by atoms with Crippen LogP contribution < -0.4 is 14.8 Å². The third-order valence-corrected chi connectivity index (χ3v) is 4.73. The minimum Gasteiger partial charge on any atom is -0.490 e. The molecule has 26 heavy (non-hydrogen) atoms. The fraction of sp³-hybridized carbons (Fsp3) is 0.409. The third kappa shape index (κ3) is 4.78. The summed E-state index contributed by atoms with van der Waals surface area (Å²) in [6, 6.07) is 13.5. The van der Waals surface area contributed by atoms with Crippen molar-refractivity contribution < 1.29 is 14.3 Å². The molecule has 0 aliphatic heterocycles. The van der Waals surface area contributed by atoms with Crippen LogP contribution in [0.25, 0.3) is 0 Å². The van der Waals surface area contributed by atoms with Crippen LogP contribution in [0.15, 0.2) is 42.5 Å². The highest BCUT2D eigenvalue weighted by Gasteiger charge is 2.18. The van der Waals surface area contributed by atoms with Gasteiger partial charge in [0.2, 0.25) is 0 Å². The van der Waals surface area contributed by atoms with Crippen LogP contribution in [-0.2, 0) is 4.79 Å². The van der Waals surface area contributed by atoms with Crippen LogP contribution in [-0.4, -0.2) is 18.1 Å². The first-order valence-electron chi connectivity index (χ1n) is 9.33. The highest BCUT2D eigenvalue weighted by molar-refractivity contribution is 5.94. The molecule has 0 saturated heterocycles. The van der Waals surface area contributed by atoms with Crippen LogP contribution in [0.4, 0.5) is 5.69 Å². The van der Waals surface area contributed by atoms with Crippen molar-refractivity contribution in [2.45, 2.75) is 58.7 Å². The second kappa shape index (κ2) is 8.26. The van der Waals surface area contributed by atoms with E-state index >= 15 is 0 Å². The Bertz CT molecular complexity index is 748. The zero-order valence-corrected chi connectivity index (χ0v) is 15.7. The van der Waals surface area contributed by atoms with Crippen molar-refractivity contribution in [1.82, 2.24) is 0 Å². The van der Waals surface area contributed by atoms with Gasteiger partial charge in [0, 0.05) is 5.69 Å². The summed E-state index contributed by atoms with van der Waals surface area (Å²) in [5.41, 5.74) is 2.94. The Hall–Kier alpha value is -2.49. The molecule has 0 spiro atoms. The molecule has 1 aliphatic carbocycles. The van der Waals surface area contributed by atoms with Gasteiger partial charge in [-0.3, -0.25) is 4.79 Å². The van der Waals surface area contributed by atoms with Gasteiger partial charge < -0.3 is 14.8 Å². The molecule has 4 heteroatoms. The van der Waals surface area contributed by atoms with Gasteiger partial charge >= 0.3 is 0 Å². The fourth-order valence-electron chi connectivity index (χ4n) is 3.23. The van der Waals surface area contributed by atoms with Gasteiger partial charge in [-0.2, -0.15) is 0 Å². The quantitative estimate of drug-likeness (QED) is 0.792. The average Bonchev–Trinajstić information content (AvgIpc) is 3.12. The maximum Gasteiger partial charge on any atom is 0.265 e. The smallest absolute Gasteiger partial charge is 0.265 e. The van der Waals surface area contributed by atoms with Gasteiger partial charge in [0.25, 0.3) is 5.91 Å². The molecule has 0 aromatic heterocycles. The number of nitrogens with one attached hydrogen (secondary N) is 1. The molecule has 0 unspecified atom stereocenters. The highest BCUT2D eigenvalue weighted by Crippen LogP contribution is 2.25. The maximum atomic E-state index is 12.4. The topological polar surface area (TPSA) is 47.6 Å². The zero-order valence-electron chi connectivity index (χ0n) is 15.7. The first kappa shape index (κ1) is 18.3. The molecule has 0 bridgehead atoms. The molecule has 1 amide bonds. The second-order valence-electron chi connectivity index (χ2n) is 7.07. The van der Waals surface area contributed by atoms with Gasteiger partial charge in [0.15, 0.2) is 6.10 Å². The van der Waals surface area contributed by atoms with Crippen LogP contribution in [0, 0.1) is 13.8 Å². The molecule has 1 fully saturated rings. The maximum absolute atomic E-state index is 12.4. The normalized spacial score (nSPS) is 15.5. The Morgan fingerprint density at radius 2 is 1.77 bits per heavy atom. The molecule has 1 atom stereocenters.